The SMILES string of the molecule is CCOc1cc(F)ccc1NC(=O)c1cccc(COC)c1. The van der Waals surface area contributed by atoms with Crippen LogP contribution in [0.25, 0.3) is 0 Å². The first-order chi connectivity index (χ1) is 10.6. The van der Waals surface area contributed by atoms with E-state index in [2.05, 4.69) is 5.32 Å². The third-order valence-corrected chi connectivity index (χ3v) is 2.99. The van der Waals surface area contributed by atoms with Gasteiger partial charge in [0.15, 0.2) is 0 Å². The van der Waals surface area contributed by atoms with E-state index in [1.54, 1.807) is 32.2 Å². The fourth-order valence-electron chi connectivity index (χ4n) is 2.04. The molecule has 0 spiro atoms. The molecular weight excluding hydrogens is 285 g/mol. The van der Waals surface area contributed by atoms with Crippen LogP contribution in [0.4, 0.5) is 10.1 Å². The first-order valence-electron chi connectivity index (χ1n) is 6.95. The maximum Gasteiger partial charge on any atom is 0.255 e. The van der Waals surface area contributed by atoms with Crippen LogP contribution in [0.5, 0.6) is 5.75 Å². The van der Waals surface area contributed by atoms with E-state index in [4.69, 9.17) is 9.47 Å². The number of halogens is 1. The van der Waals surface area contributed by atoms with Crippen molar-refractivity contribution in [1.29, 1.82) is 0 Å². The molecule has 0 saturated heterocycles. The molecule has 116 valence electrons. The maximum atomic E-state index is 13.3. The maximum absolute atomic E-state index is 13.3. The molecule has 1 N–H and O–H groups in total. The Morgan fingerprint density at radius 3 is 2.77 bits per heavy atom. The zero-order chi connectivity index (χ0) is 15.9. The number of nitrogens with one attached hydrogen (secondary N) is 1. The summed E-state index contributed by atoms with van der Waals surface area (Å²) in [6.45, 7) is 2.61. The van der Waals surface area contributed by atoms with Crippen LogP contribution in [0.2, 0.25) is 0 Å². The molecule has 1 amide bonds. The average molecular weight is 303 g/mol. The number of carbonyl (C=O) groups is 1. The van der Waals surface area contributed by atoms with Crippen molar-refractivity contribution >= 4 is 11.6 Å². The molecule has 0 unspecified atom stereocenters. The van der Waals surface area contributed by atoms with Gasteiger partial charge in [-0.25, -0.2) is 4.39 Å². The number of carbonyl (C=O) groups excluding carboxylic acids is 1. The first-order valence-corrected chi connectivity index (χ1v) is 6.95. The summed E-state index contributed by atoms with van der Waals surface area (Å²) >= 11 is 0. The van der Waals surface area contributed by atoms with Crippen molar-refractivity contribution in [3.63, 3.8) is 0 Å². The van der Waals surface area contributed by atoms with Gasteiger partial charge < -0.3 is 14.8 Å². The largest absolute Gasteiger partial charge is 0.492 e. The number of anilines is 1. The molecule has 0 aliphatic heterocycles. The minimum atomic E-state index is -0.413. The molecule has 0 aliphatic rings. The van der Waals surface area contributed by atoms with Gasteiger partial charge in [0.05, 0.1) is 18.9 Å². The van der Waals surface area contributed by atoms with Crippen molar-refractivity contribution in [2.24, 2.45) is 0 Å². The highest BCUT2D eigenvalue weighted by atomic mass is 19.1. The van der Waals surface area contributed by atoms with Gasteiger partial charge in [0.1, 0.15) is 11.6 Å². The molecule has 2 rings (SSSR count). The normalized spacial score (nSPS) is 10.3. The molecule has 0 bridgehead atoms. The van der Waals surface area contributed by atoms with Gasteiger partial charge in [-0.05, 0) is 36.8 Å². The van der Waals surface area contributed by atoms with Gasteiger partial charge in [-0.2, -0.15) is 0 Å². The Kier molecular flexibility index (Phi) is 5.49. The quantitative estimate of drug-likeness (QED) is 0.886. The molecular formula is C17H18FNO3. The minimum absolute atomic E-state index is 0.287. The van der Waals surface area contributed by atoms with E-state index in [0.29, 0.717) is 30.2 Å². The van der Waals surface area contributed by atoms with Crippen molar-refractivity contribution in [3.05, 3.63) is 59.4 Å². The number of rotatable bonds is 6. The second-order valence-electron chi connectivity index (χ2n) is 4.66. The summed E-state index contributed by atoms with van der Waals surface area (Å²) in [7, 11) is 1.60. The van der Waals surface area contributed by atoms with Gasteiger partial charge in [-0.15, -0.1) is 0 Å². The lowest BCUT2D eigenvalue weighted by Gasteiger charge is -2.12. The second-order valence-corrected chi connectivity index (χ2v) is 4.66. The molecule has 2 aromatic carbocycles. The number of hydrogen-bond acceptors (Lipinski definition) is 3. The minimum Gasteiger partial charge on any atom is -0.492 e. The Labute approximate surface area is 128 Å². The predicted octanol–water partition coefficient (Wildman–Crippen LogP) is 3.62. The van der Waals surface area contributed by atoms with E-state index in [-0.39, 0.29) is 5.91 Å². The summed E-state index contributed by atoms with van der Waals surface area (Å²) in [5.74, 6) is -0.391. The molecule has 0 heterocycles. The van der Waals surface area contributed by atoms with Crippen molar-refractivity contribution in [2.45, 2.75) is 13.5 Å². The van der Waals surface area contributed by atoms with Gasteiger partial charge in [-0.3, -0.25) is 4.79 Å². The molecule has 0 radical (unpaired) electrons. The fourth-order valence-corrected chi connectivity index (χ4v) is 2.04. The number of methoxy groups -OCH3 is 1. The Morgan fingerprint density at radius 2 is 2.05 bits per heavy atom. The van der Waals surface area contributed by atoms with Crippen LogP contribution in [0.1, 0.15) is 22.8 Å². The summed E-state index contributed by atoms with van der Waals surface area (Å²) in [4.78, 5) is 12.3. The summed E-state index contributed by atoms with van der Waals surface area (Å²) in [6, 6.07) is 11.1. The van der Waals surface area contributed by atoms with E-state index in [0.717, 1.165) is 5.56 Å². The molecule has 0 aromatic heterocycles. The summed E-state index contributed by atoms with van der Waals surface area (Å²) in [6.07, 6.45) is 0. The predicted molar refractivity (Wildman–Crippen MR) is 82.7 cm³/mol. The van der Waals surface area contributed by atoms with Crippen LogP contribution in [0.15, 0.2) is 42.5 Å². The third kappa shape index (κ3) is 4.05. The summed E-state index contributed by atoms with van der Waals surface area (Å²) in [5, 5.41) is 2.74. The molecule has 4 nitrogen and oxygen atoms in total. The van der Waals surface area contributed by atoms with Crippen LogP contribution in [-0.4, -0.2) is 19.6 Å². The molecule has 22 heavy (non-hydrogen) atoms. The molecule has 0 saturated carbocycles. The number of ether oxygens (including phenoxy) is 2. The summed E-state index contributed by atoms with van der Waals surface area (Å²) < 4.78 is 23.7. The zero-order valence-corrected chi connectivity index (χ0v) is 12.6. The van der Waals surface area contributed by atoms with Gasteiger partial charge in [0.25, 0.3) is 5.91 Å². The van der Waals surface area contributed by atoms with Crippen molar-refractivity contribution < 1.29 is 18.7 Å². The second kappa shape index (κ2) is 7.56. The summed E-state index contributed by atoms with van der Waals surface area (Å²) in [5.41, 5.74) is 1.84. The van der Waals surface area contributed by atoms with Crippen molar-refractivity contribution in [1.82, 2.24) is 0 Å². The Balaban J connectivity index is 2.19. The van der Waals surface area contributed by atoms with Crippen molar-refractivity contribution in [2.75, 3.05) is 19.0 Å². The van der Waals surface area contributed by atoms with E-state index in [1.165, 1.54) is 18.2 Å². The Bertz CT molecular complexity index is 658. The lowest BCUT2D eigenvalue weighted by Crippen LogP contribution is -2.13. The third-order valence-electron chi connectivity index (χ3n) is 2.99. The van der Waals surface area contributed by atoms with E-state index < -0.39 is 5.82 Å². The van der Waals surface area contributed by atoms with Crippen LogP contribution < -0.4 is 10.1 Å². The highest BCUT2D eigenvalue weighted by Crippen LogP contribution is 2.26. The highest BCUT2D eigenvalue weighted by Gasteiger charge is 2.11. The Morgan fingerprint density at radius 1 is 1.23 bits per heavy atom. The van der Waals surface area contributed by atoms with Crippen LogP contribution in [-0.2, 0) is 11.3 Å². The van der Waals surface area contributed by atoms with Gasteiger partial charge >= 0.3 is 0 Å². The topological polar surface area (TPSA) is 47.6 Å². The monoisotopic (exact) mass is 303 g/mol. The molecule has 0 aliphatic carbocycles. The van der Waals surface area contributed by atoms with Crippen LogP contribution in [0.3, 0.4) is 0 Å². The number of benzene rings is 2. The van der Waals surface area contributed by atoms with Crippen LogP contribution >= 0.6 is 0 Å². The first kappa shape index (κ1) is 16.0. The number of amides is 1. The highest BCUT2D eigenvalue weighted by molar-refractivity contribution is 6.05. The number of hydrogen-bond donors (Lipinski definition) is 1. The average Bonchev–Trinajstić information content (AvgIpc) is 2.51. The van der Waals surface area contributed by atoms with Crippen LogP contribution in [0, 0.1) is 5.82 Å². The Hall–Kier alpha value is -2.40. The standard InChI is InChI=1S/C17H18FNO3/c1-3-22-16-10-14(18)7-8-15(16)19-17(20)13-6-4-5-12(9-13)11-21-2/h4-10H,3,11H2,1-2H3,(H,19,20). The molecule has 2 aromatic rings. The lowest BCUT2D eigenvalue weighted by atomic mass is 10.1. The fraction of sp³-hybridized carbons (Fsp3) is 0.235. The molecule has 0 atom stereocenters. The zero-order valence-electron chi connectivity index (χ0n) is 12.6. The van der Waals surface area contributed by atoms with Crippen molar-refractivity contribution in [3.8, 4) is 5.75 Å². The smallest absolute Gasteiger partial charge is 0.255 e. The van der Waals surface area contributed by atoms with E-state index in [9.17, 15) is 9.18 Å². The van der Waals surface area contributed by atoms with E-state index in [1.807, 2.05) is 6.07 Å². The van der Waals surface area contributed by atoms with E-state index >= 15 is 0 Å². The van der Waals surface area contributed by atoms with Gasteiger partial charge in [0, 0.05) is 18.7 Å². The van der Waals surface area contributed by atoms with Gasteiger partial charge in [-0.1, -0.05) is 12.1 Å². The van der Waals surface area contributed by atoms with Gasteiger partial charge in [0.2, 0.25) is 0 Å². The lowest BCUT2D eigenvalue weighted by molar-refractivity contribution is 0.102. The molecule has 0 fully saturated rings. The molecule has 5 heteroatoms.